The van der Waals surface area contributed by atoms with E-state index in [1.807, 2.05) is 12.1 Å². The number of carbonyl (C=O) groups is 1. The fraction of sp³-hybridized carbons (Fsp3) is 0.484. The summed E-state index contributed by atoms with van der Waals surface area (Å²) in [7, 11) is 2.17. The van der Waals surface area contributed by atoms with Crippen molar-refractivity contribution in [3.05, 3.63) is 70.0 Å². The molecule has 1 aromatic heterocycles. The summed E-state index contributed by atoms with van der Waals surface area (Å²) in [6.45, 7) is 1.85. The Morgan fingerprint density at radius 3 is 2.63 bits per heavy atom. The Balaban J connectivity index is 1.10. The van der Waals surface area contributed by atoms with Crippen LogP contribution in [-0.2, 0) is 16.0 Å². The van der Waals surface area contributed by atoms with Crippen molar-refractivity contribution in [1.82, 2.24) is 14.9 Å². The normalized spacial score (nSPS) is 24.7. The molecule has 3 atom stereocenters. The first kappa shape index (κ1) is 25.9. The van der Waals surface area contributed by atoms with Gasteiger partial charge in [0.2, 0.25) is 0 Å². The second-order valence-corrected chi connectivity index (χ2v) is 12.3. The predicted molar refractivity (Wildman–Crippen MR) is 153 cm³/mol. The van der Waals surface area contributed by atoms with Crippen molar-refractivity contribution >= 4 is 45.8 Å². The molecule has 0 amide bonds. The number of rotatable bonds is 10. The molecule has 2 bridgehead atoms. The summed E-state index contributed by atoms with van der Waals surface area (Å²) < 4.78 is 6.45. The smallest absolute Gasteiger partial charge is 0.309 e. The average Bonchev–Trinajstić information content (AvgIpc) is 3.71. The Morgan fingerprint density at radius 2 is 1.89 bits per heavy atom. The van der Waals surface area contributed by atoms with Crippen LogP contribution in [0.5, 0.6) is 0 Å². The van der Waals surface area contributed by atoms with Crippen LogP contribution in [0.25, 0.3) is 16.6 Å². The molecule has 1 heterocycles. The van der Waals surface area contributed by atoms with Crippen molar-refractivity contribution < 1.29 is 9.53 Å². The molecule has 0 radical (unpaired) electrons. The highest BCUT2D eigenvalue weighted by Crippen LogP contribution is 2.53. The van der Waals surface area contributed by atoms with E-state index in [1.54, 1.807) is 0 Å². The number of benzene rings is 2. The standard InChI is InChI=1S/C31H35Cl2N3O2/c1-36(14-5-8-29-34-27-17-25(32)26(33)18-28(27)35-29)15-13-31(38-30(37)21-9-10-21)19-22-11-12-23(31)16-24(22)20-6-3-2-4-7-20/h2-4,6-7,16-18,21-23H,5,8-15,19H2,1H3,(H,34,35)/t22-,23-,31+/m0/s1. The van der Waals surface area contributed by atoms with Crippen molar-refractivity contribution in [1.29, 1.82) is 0 Å². The van der Waals surface area contributed by atoms with E-state index >= 15 is 0 Å². The maximum atomic E-state index is 12.9. The van der Waals surface area contributed by atoms with Gasteiger partial charge in [0, 0.05) is 25.3 Å². The molecule has 5 nitrogen and oxygen atoms in total. The number of imidazole rings is 1. The van der Waals surface area contributed by atoms with Gasteiger partial charge in [-0.25, -0.2) is 4.98 Å². The Bertz CT molecular complexity index is 1310. The predicted octanol–water partition coefficient (Wildman–Crippen LogP) is 7.33. The number of allylic oxidation sites excluding steroid dienone is 1. The van der Waals surface area contributed by atoms with Crippen LogP contribution in [-0.4, -0.2) is 46.6 Å². The van der Waals surface area contributed by atoms with Crippen LogP contribution >= 0.6 is 23.2 Å². The third-order valence-corrected chi connectivity index (χ3v) is 9.40. The molecule has 0 aliphatic heterocycles. The number of ether oxygens (including phenoxy) is 1. The van der Waals surface area contributed by atoms with E-state index in [1.165, 1.54) is 17.6 Å². The molecule has 0 unspecified atom stereocenters. The lowest BCUT2D eigenvalue weighted by Gasteiger charge is -2.50. The highest BCUT2D eigenvalue weighted by atomic mass is 35.5. The molecule has 38 heavy (non-hydrogen) atoms. The van der Waals surface area contributed by atoms with Gasteiger partial charge in [0.25, 0.3) is 0 Å². The lowest BCUT2D eigenvalue weighted by atomic mass is 9.60. The van der Waals surface area contributed by atoms with E-state index < -0.39 is 0 Å². The van der Waals surface area contributed by atoms with E-state index in [0.717, 1.165) is 74.9 Å². The fourth-order valence-electron chi connectivity index (χ4n) is 6.37. The molecular weight excluding hydrogens is 517 g/mol. The third kappa shape index (κ3) is 5.38. The summed E-state index contributed by atoms with van der Waals surface area (Å²) in [6.07, 6.45) is 10.3. The minimum absolute atomic E-state index is 0.0277. The molecular formula is C31H35Cl2N3O2. The summed E-state index contributed by atoms with van der Waals surface area (Å²) in [5, 5.41) is 1.06. The van der Waals surface area contributed by atoms with Gasteiger partial charge in [-0.15, -0.1) is 0 Å². The molecule has 0 saturated heterocycles. The number of carbonyl (C=O) groups excluding carboxylic acids is 1. The number of hydrogen-bond acceptors (Lipinski definition) is 4. The van der Waals surface area contributed by atoms with E-state index in [0.29, 0.717) is 16.0 Å². The number of hydrogen-bond donors (Lipinski definition) is 1. The highest BCUT2D eigenvalue weighted by molar-refractivity contribution is 6.42. The minimum atomic E-state index is -0.383. The van der Waals surface area contributed by atoms with Gasteiger partial charge in [0.05, 0.1) is 27.0 Å². The molecule has 4 aliphatic carbocycles. The summed E-state index contributed by atoms with van der Waals surface area (Å²) in [5.41, 5.74) is 4.14. The first-order chi connectivity index (χ1) is 18.4. The maximum Gasteiger partial charge on any atom is 0.309 e. The average molecular weight is 553 g/mol. The quantitative estimate of drug-likeness (QED) is 0.268. The van der Waals surface area contributed by atoms with Gasteiger partial charge < -0.3 is 14.6 Å². The van der Waals surface area contributed by atoms with Gasteiger partial charge in [-0.1, -0.05) is 59.6 Å². The Hall–Kier alpha value is -2.34. The minimum Gasteiger partial charge on any atom is -0.458 e. The fourth-order valence-corrected chi connectivity index (χ4v) is 6.69. The number of fused-ring (bicyclic) bond motifs is 3. The van der Waals surface area contributed by atoms with Crippen molar-refractivity contribution in [2.75, 3.05) is 20.1 Å². The van der Waals surface area contributed by atoms with Crippen LogP contribution in [0.2, 0.25) is 10.0 Å². The first-order valence-corrected chi connectivity index (χ1v) is 14.7. The monoisotopic (exact) mass is 551 g/mol. The maximum absolute atomic E-state index is 12.9. The van der Waals surface area contributed by atoms with Crippen LogP contribution in [0, 0.1) is 17.8 Å². The lowest BCUT2D eigenvalue weighted by Crippen LogP contribution is -2.51. The topological polar surface area (TPSA) is 58.2 Å². The van der Waals surface area contributed by atoms with Crippen LogP contribution in [0.3, 0.4) is 0 Å². The number of aryl methyl sites for hydroxylation is 1. The zero-order chi connectivity index (χ0) is 26.3. The van der Waals surface area contributed by atoms with Gasteiger partial charge in [-0.05, 0) is 81.3 Å². The summed E-state index contributed by atoms with van der Waals surface area (Å²) in [4.78, 5) is 23.3. The van der Waals surface area contributed by atoms with Crippen LogP contribution in [0.4, 0.5) is 0 Å². The summed E-state index contributed by atoms with van der Waals surface area (Å²) in [5.74, 6) is 1.84. The molecule has 7 rings (SSSR count). The van der Waals surface area contributed by atoms with E-state index in [-0.39, 0.29) is 23.4 Å². The van der Waals surface area contributed by atoms with Crippen molar-refractivity contribution in [3.63, 3.8) is 0 Å². The number of aromatic amines is 1. The van der Waals surface area contributed by atoms with E-state index in [4.69, 9.17) is 27.9 Å². The van der Waals surface area contributed by atoms with E-state index in [9.17, 15) is 4.79 Å². The molecule has 3 aromatic rings. The van der Waals surface area contributed by atoms with Gasteiger partial charge in [-0.3, -0.25) is 4.79 Å². The van der Waals surface area contributed by atoms with Crippen LogP contribution in [0.15, 0.2) is 48.5 Å². The number of H-pyrrole nitrogens is 1. The zero-order valence-corrected chi connectivity index (χ0v) is 23.4. The van der Waals surface area contributed by atoms with Crippen molar-refractivity contribution in [2.24, 2.45) is 17.8 Å². The highest BCUT2D eigenvalue weighted by Gasteiger charge is 2.51. The van der Waals surface area contributed by atoms with Gasteiger partial charge in [0.15, 0.2) is 0 Å². The Kier molecular flexibility index (Phi) is 7.28. The molecule has 2 saturated carbocycles. The lowest BCUT2D eigenvalue weighted by molar-refractivity contribution is -0.174. The Labute approximate surface area is 234 Å². The van der Waals surface area contributed by atoms with Gasteiger partial charge >= 0.3 is 5.97 Å². The Morgan fingerprint density at radius 1 is 1.11 bits per heavy atom. The molecule has 2 aromatic carbocycles. The molecule has 7 heteroatoms. The number of nitrogens with one attached hydrogen (secondary N) is 1. The van der Waals surface area contributed by atoms with Crippen molar-refractivity contribution in [3.8, 4) is 0 Å². The first-order valence-electron chi connectivity index (χ1n) is 13.9. The molecule has 4 aliphatic rings. The molecule has 200 valence electrons. The van der Waals surface area contributed by atoms with Crippen molar-refractivity contribution in [2.45, 2.75) is 57.0 Å². The van der Waals surface area contributed by atoms with Crippen LogP contribution in [0.1, 0.15) is 56.3 Å². The number of halogens is 2. The zero-order valence-electron chi connectivity index (χ0n) is 21.9. The third-order valence-electron chi connectivity index (χ3n) is 8.68. The summed E-state index contributed by atoms with van der Waals surface area (Å²) in [6, 6.07) is 14.4. The second-order valence-electron chi connectivity index (χ2n) is 11.5. The molecule has 0 spiro atoms. The number of esters is 1. The van der Waals surface area contributed by atoms with Gasteiger partial charge in [0.1, 0.15) is 11.4 Å². The number of nitrogens with zero attached hydrogens (tertiary/aromatic N) is 2. The molecule has 2 fully saturated rings. The SMILES string of the molecule is CN(CCCc1nc2cc(Cl)c(Cl)cc2[nH]1)CC[C@@]1(OC(=O)C2CC2)C[C@@H]2CC[C@H]1C=C2c1ccccc1. The summed E-state index contributed by atoms with van der Waals surface area (Å²) >= 11 is 12.3. The molecule has 1 N–H and O–H groups in total. The number of aromatic nitrogens is 2. The largest absolute Gasteiger partial charge is 0.458 e. The van der Waals surface area contributed by atoms with Gasteiger partial charge in [-0.2, -0.15) is 0 Å². The van der Waals surface area contributed by atoms with E-state index in [2.05, 4.69) is 58.3 Å². The van der Waals surface area contributed by atoms with Crippen LogP contribution < -0.4 is 0 Å². The second kappa shape index (κ2) is 10.7.